The lowest BCUT2D eigenvalue weighted by atomic mass is 9.98. The monoisotopic (exact) mass is 368 g/mol. The Morgan fingerprint density at radius 1 is 0.538 bits per heavy atom. The van der Waals surface area contributed by atoms with Gasteiger partial charge < -0.3 is 20.0 Å². The second-order valence-corrected chi connectivity index (χ2v) is 7.97. The van der Waals surface area contributed by atoms with Gasteiger partial charge in [-0.05, 0) is 64.7 Å². The second kappa shape index (κ2) is 11.5. The minimum atomic E-state index is -1.82. The zero-order valence-corrected chi connectivity index (χ0v) is 16.1. The van der Waals surface area contributed by atoms with Gasteiger partial charge in [-0.3, -0.25) is 0 Å². The first-order chi connectivity index (χ1) is 12.6. The van der Waals surface area contributed by atoms with Crippen molar-refractivity contribution in [1.82, 2.24) is 9.80 Å². The third-order valence-electron chi connectivity index (χ3n) is 6.18. The Kier molecular flexibility index (Phi) is 9.40. The standard InChI is InChI=1S/C18H34N2.C2H2O4/c1-2-6-10-17(9-5-1)20-15-11-18(12-16-20)19-13-7-3-4-8-14-19;3-1(4)2(5)6/h17-18H,1-16H2;(H,3,4)(H,5,6). The molecule has 3 rings (SSSR count). The molecule has 6 nitrogen and oxygen atoms in total. The molecule has 3 fully saturated rings. The van der Waals surface area contributed by atoms with Crippen LogP contribution in [0.15, 0.2) is 0 Å². The number of carbonyl (C=O) groups is 2. The molecule has 150 valence electrons. The molecule has 0 aromatic carbocycles. The van der Waals surface area contributed by atoms with Gasteiger partial charge in [-0.15, -0.1) is 0 Å². The second-order valence-electron chi connectivity index (χ2n) is 7.97. The van der Waals surface area contributed by atoms with Gasteiger partial charge in [0.1, 0.15) is 0 Å². The number of nitrogens with zero attached hydrogens (tertiary/aromatic N) is 2. The highest BCUT2D eigenvalue weighted by Gasteiger charge is 2.28. The fourth-order valence-corrected chi connectivity index (χ4v) is 4.70. The summed E-state index contributed by atoms with van der Waals surface area (Å²) in [6, 6.07) is 1.85. The van der Waals surface area contributed by atoms with E-state index >= 15 is 0 Å². The number of hydrogen-bond acceptors (Lipinski definition) is 4. The van der Waals surface area contributed by atoms with Crippen molar-refractivity contribution in [2.45, 2.75) is 89.1 Å². The summed E-state index contributed by atoms with van der Waals surface area (Å²) < 4.78 is 0. The van der Waals surface area contributed by atoms with E-state index in [1.807, 2.05) is 0 Å². The zero-order chi connectivity index (χ0) is 18.8. The molecule has 0 aromatic heterocycles. The Balaban J connectivity index is 0.000000352. The van der Waals surface area contributed by atoms with Crippen LogP contribution >= 0.6 is 0 Å². The van der Waals surface area contributed by atoms with Gasteiger partial charge >= 0.3 is 11.9 Å². The van der Waals surface area contributed by atoms with Gasteiger partial charge in [0.15, 0.2) is 0 Å². The SMILES string of the molecule is C1CCCC(N2CCC(N3CCCCCC3)CC2)CC1.O=C(O)C(=O)O. The molecular weight excluding hydrogens is 332 g/mol. The number of rotatable bonds is 2. The maximum Gasteiger partial charge on any atom is 0.414 e. The number of carboxylic acids is 2. The summed E-state index contributed by atoms with van der Waals surface area (Å²) in [4.78, 5) is 23.9. The molecular formula is C20H36N2O4. The zero-order valence-electron chi connectivity index (χ0n) is 16.1. The Labute approximate surface area is 157 Å². The number of piperidine rings is 1. The molecule has 0 atom stereocenters. The van der Waals surface area contributed by atoms with Gasteiger partial charge in [0.2, 0.25) is 0 Å². The van der Waals surface area contributed by atoms with Crippen LogP contribution in [0.5, 0.6) is 0 Å². The molecule has 6 heteroatoms. The molecule has 1 aliphatic carbocycles. The van der Waals surface area contributed by atoms with Crippen LogP contribution in [0.1, 0.15) is 77.0 Å². The molecule has 0 spiro atoms. The predicted molar refractivity (Wildman–Crippen MR) is 101 cm³/mol. The Morgan fingerprint density at radius 2 is 0.923 bits per heavy atom. The molecule has 0 radical (unpaired) electrons. The first-order valence-corrected chi connectivity index (χ1v) is 10.5. The van der Waals surface area contributed by atoms with Gasteiger partial charge in [-0.25, -0.2) is 9.59 Å². The maximum absolute atomic E-state index is 9.10. The van der Waals surface area contributed by atoms with Gasteiger partial charge in [0.25, 0.3) is 0 Å². The highest BCUT2D eigenvalue weighted by Crippen LogP contribution is 2.27. The lowest BCUT2D eigenvalue weighted by molar-refractivity contribution is -0.159. The van der Waals surface area contributed by atoms with E-state index in [0.29, 0.717) is 0 Å². The summed E-state index contributed by atoms with van der Waals surface area (Å²) in [5.74, 6) is -3.65. The van der Waals surface area contributed by atoms with Crippen LogP contribution in [0.2, 0.25) is 0 Å². The lowest BCUT2D eigenvalue weighted by Gasteiger charge is -2.41. The molecule has 2 heterocycles. The van der Waals surface area contributed by atoms with E-state index in [0.717, 1.165) is 12.1 Å². The summed E-state index contributed by atoms with van der Waals surface area (Å²) in [5, 5.41) is 14.8. The van der Waals surface area contributed by atoms with Crippen LogP contribution in [0.4, 0.5) is 0 Å². The highest BCUT2D eigenvalue weighted by molar-refractivity contribution is 6.27. The average Bonchev–Trinajstić information content (AvgIpc) is 3.08. The molecule has 2 aliphatic heterocycles. The van der Waals surface area contributed by atoms with Crippen molar-refractivity contribution < 1.29 is 19.8 Å². The molecule has 0 amide bonds. The summed E-state index contributed by atoms with van der Waals surface area (Å²) in [6.07, 6.45) is 17.6. The third kappa shape index (κ3) is 7.23. The summed E-state index contributed by atoms with van der Waals surface area (Å²) >= 11 is 0. The van der Waals surface area contributed by atoms with Crippen molar-refractivity contribution in [2.75, 3.05) is 26.2 Å². The van der Waals surface area contributed by atoms with Crippen LogP contribution in [-0.4, -0.2) is 70.2 Å². The molecule has 0 unspecified atom stereocenters. The van der Waals surface area contributed by atoms with Crippen LogP contribution in [0.25, 0.3) is 0 Å². The van der Waals surface area contributed by atoms with Crippen molar-refractivity contribution in [3.63, 3.8) is 0 Å². The normalized spacial score (nSPS) is 24.8. The van der Waals surface area contributed by atoms with Crippen LogP contribution in [-0.2, 0) is 9.59 Å². The Hall–Kier alpha value is -1.14. The molecule has 0 aromatic rings. The van der Waals surface area contributed by atoms with Gasteiger partial charge in [0, 0.05) is 12.1 Å². The first-order valence-electron chi connectivity index (χ1n) is 10.5. The van der Waals surface area contributed by atoms with Crippen LogP contribution in [0, 0.1) is 0 Å². The topological polar surface area (TPSA) is 81.1 Å². The Bertz CT molecular complexity index is 380. The van der Waals surface area contributed by atoms with Crippen molar-refractivity contribution in [2.24, 2.45) is 0 Å². The van der Waals surface area contributed by atoms with E-state index in [4.69, 9.17) is 19.8 Å². The number of likely N-dealkylation sites (tertiary alicyclic amines) is 2. The van der Waals surface area contributed by atoms with E-state index in [-0.39, 0.29) is 0 Å². The number of hydrogen-bond donors (Lipinski definition) is 2. The van der Waals surface area contributed by atoms with Crippen LogP contribution in [0.3, 0.4) is 0 Å². The highest BCUT2D eigenvalue weighted by atomic mass is 16.4. The van der Waals surface area contributed by atoms with E-state index in [1.54, 1.807) is 0 Å². The van der Waals surface area contributed by atoms with Crippen molar-refractivity contribution in [3.8, 4) is 0 Å². The number of aliphatic carboxylic acids is 2. The van der Waals surface area contributed by atoms with Gasteiger partial charge in [0.05, 0.1) is 0 Å². The molecule has 1 saturated carbocycles. The minimum Gasteiger partial charge on any atom is -0.473 e. The molecule has 3 aliphatic rings. The molecule has 2 saturated heterocycles. The number of carboxylic acid groups (broad SMARTS) is 2. The summed E-state index contributed by atoms with van der Waals surface area (Å²) in [7, 11) is 0. The summed E-state index contributed by atoms with van der Waals surface area (Å²) in [6.45, 7) is 5.53. The quantitative estimate of drug-likeness (QED) is 0.575. The maximum atomic E-state index is 9.10. The van der Waals surface area contributed by atoms with Crippen molar-refractivity contribution in [1.29, 1.82) is 0 Å². The smallest absolute Gasteiger partial charge is 0.414 e. The van der Waals surface area contributed by atoms with E-state index in [1.165, 1.54) is 103 Å². The van der Waals surface area contributed by atoms with E-state index in [9.17, 15) is 0 Å². The predicted octanol–water partition coefficient (Wildman–Crippen LogP) is 3.21. The average molecular weight is 369 g/mol. The third-order valence-corrected chi connectivity index (χ3v) is 6.18. The lowest BCUT2D eigenvalue weighted by Crippen LogP contribution is -2.48. The molecule has 0 bridgehead atoms. The van der Waals surface area contributed by atoms with Crippen LogP contribution < -0.4 is 0 Å². The van der Waals surface area contributed by atoms with Crippen molar-refractivity contribution >= 4 is 11.9 Å². The molecule has 26 heavy (non-hydrogen) atoms. The van der Waals surface area contributed by atoms with Gasteiger partial charge in [-0.1, -0.05) is 38.5 Å². The fourth-order valence-electron chi connectivity index (χ4n) is 4.70. The Morgan fingerprint density at radius 3 is 1.38 bits per heavy atom. The molecule has 2 N–H and O–H groups in total. The first kappa shape index (κ1) is 21.2. The summed E-state index contributed by atoms with van der Waals surface area (Å²) in [5.41, 5.74) is 0. The van der Waals surface area contributed by atoms with Crippen molar-refractivity contribution in [3.05, 3.63) is 0 Å². The fraction of sp³-hybridized carbons (Fsp3) is 0.900. The van der Waals surface area contributed by atoms with E-state index < -0.39 is 11.9 Å². The van der Waals surface area contributed by atoms with Gasteiger partial charge in [-0.2, -0.15) is 0 Å². The van der Waals surface area contributed by atoms with E-state index in [2.05, 4.69) is 9.80 Å². The minimum absolute atomic E-state index is 0.912. The largest absolute Gasteiger partial charge is 0.473 e.